The number of esters is 1. The topological polar surface area (TPSA) is 75.6 Å². The van der Waals surface area contributed by atoms with Gasteiger partial charge >= 0.3 is 5.97 Å². The van der Waals surface area contributed by atoms with Crippen molar-refractivity contribution in [3.05, 3.63) is 47.2 Å². The standard InChI is InChI=1S/C26H36N4O3S/c1-5-14-29(4)23-16-22(6-2)27-26(28-23)34-18-19-10-12-20(13-11-19)24(31)30-15-8-9-21(17-30)25(32)33-7-3/h10-13,16,21H,5-9,14-15,17-18H2,1-4H3/t21-/m0/s1. The molecule has 1 aromatic heterocycles. The molecule has 3 rings (SSSR count). The predicted molar refractivity (Wildman–Crippen MR) is 136 cm³/mol. The zero-order valence-electron chi connectivity index (χ0n) is 20.7. The Hall–Kier alpha value is -2.61. The van der Waals surface area contributed by atoms with Gasteiger partial charge in [-0.2, -0.15) is 0 Å². The van der Waals surface area contributed by atoms with Gasteiger partial charge in [-0.25, -0.2) is 9.97 Å². The molecule has 1 saturated heterocycles. The molecule has 1 fully saturated rings. The molecule has 0 N–H and O–H groups in total. The number of hydrogen-bond donors (Lipinski definition) is 0. The normalized spacial score (nSPS) is 15.8. The van der Waals surface area contributed by atoms with Crippen LogP contribution in [0.4, 0.5) is 5.82 Å². The maximum absolute atomic E-state index is 13.0. The first-order valence-electron chi connectivity index (χ1n) is 12.2. The molecule has 0 aliphatic carbocycles. The minimum absolute atomic E-state index is 0.0317. The third-order valence-electron chi connectivity index (χ3n) is 5.95. The van der Waals surface area contributed by atoms with Crippen LogP contribution in [0.2, 0.25) is 0 Å². The molecule has 1 aliphatic heterocycles. The highest BCUT2D eigenvalue weighted by Gasteiger charge is 2.29. The molecule has 0 bridgehead atoms. The second-order valence-electron chi connectivity index (χ2n) is 8.60. The number of thioether (sulfide) groups is 1. The van der Waals surface area contributed by atoms with Gasteiger partial charge in [-0.15, -0.1) is 0 Å². The fourth-order valence-electron chi connectivity index (χ4n) is 4.04. The van der Waals surface area contributed by atoms with Crippen LogP contribution in [0.5, 0.6) is 0 Å². The van der Waals surface area contributed by atoms with Crippen molar-refractivity contribution in [1.82, 2.24) is 14.9 Å². The lowest BCUT2D eigenvalue weighted by Crippen LogP contribution is -2.42. The molecule has 2 aromatic rings. The molecule has 1 aromatic carbocycles. The molecule has 1 atom stereocenters. The fourth-order valence-corrected chi connectivity index (χ4v) is 4.87. The Balaban J connectivity index is 1.61. The minimum Gasteiger partial charge on any atom is -0.466 e. The van der Waals surface area contributed by atoms with Crippen LogP contribution in [-0.4, -0.2) is 60.0 Å². The summed E-state index contributed by atoms with van der Waals surface area (Å²) in [5.41, 5.74) is 2.79. The van der Waals surface area contributed by atoms with Gasteiger partial charge in [0.15, 0.2) is 5.16 Å². The Labute approximate surface area is 207 Å². The zero-order chi connectivity index (χ0) is 24.5. The van der Waals surface area contributed by atoms with Gasteiger partial charge < -0.3 is 14.5 Å². The highest BCUT2D eigenvalue weighted by Crippen LogP contribution is 2.24. The number of rotatable bonds is 10. The third-order valence-corrected chi connectivity index (χ3v) is 6.87. The quantitative estimate of drug-likeness (QED) is 0.277. The van der Waals surface area contributed by atoms with Gasteiger partial charge in [0.05, 0.1) is 12.5 Å². The number of amides is 1. The largest absolute Gasteiger partial charge is 0.466 e. The lowest BCUT2D eigenvalue weighted by atomic mass is 9.97. The number of ether oxygens (including phenoxy) is 1. The summed E-state index contributed by atoms with van der Waals surface area (Å²) in [7, 11) is 2.06. The lowest BCUT2D eigenvalue weighted by molar-refractivity contribution is -0.149. The van der Waals surface area contributed by atoms with E-state index in [0.717, 1.165) is 60.2 Å². The number of piperidine rings is 1. The number of nitrogens with zero attached hydrogens (tertiary/aromatic N) is 4. The summed E-state index contributed by atoms with van der Waals surface area (Å²) in [4.78, 5) is 38.4. The Morgan fingerprint density at radius 3 is 2.62 bits per heavy atom. The average Bonchev–Trinajstić information content (AvgIpc) is 2.87. The molecule has 7 nitrogen and oxygen atoms in total. The second-order valence-corrected chi connectivity index (χ2v) is 9.55. The molecule has 184 valence electrons. The van der Waals surface area contributed by atoms with Gasteiger partial charge in [0.25, 0.3) is 5.91 Å². The van der Waals surface area contributed by atoms with E-state index in [1.807, 2.05) is 24.3 Å². The molecule has 1 amide bonds. The molecular weight excluding hydrogens is 448 g/mol. The first kappa shape index (κ1) is 26.0. The fraction of sp³-hybridized carbons (Fsp3) is 0.538. The Morgan fingerprint density at radius 1 is 1.18 bits per heavy atom. The molecule has 0 radical (unpaired) electrons. The van der Waals surface area contributed by atoms with Crippen molar-refractivity contribution in [2.75, 3.05) is 38.2 Å². The van der Waals surface area contributed by atoms with Crippen LogP contribution in [0.3, 0.4) is 0 Å². The number of likely N-dealkylation sites (tertiary alicyclic amines) is 1. The summed E-state index contributed by atoms with van der Waals surface area (Å²) in [6, 6.07) is 9.78. The summed E-state index contributed by atoms with van der Waals surface area (Å²) < 4.78 is 5.15. The van der Waals surface area contributed by atoms with E-state index in [2.05, 4.69) is 36.8 Å². The van der Waals surface area contributed by atoms with Crippen LogP contribution in [0, 0.1) is 5.92 Å². The van der Waals surface area contributed by atoms with E-state index >= 15 is 0 Å². The summed E-state index contributed by atoms with van der Waals surface area (Å²) in [6.07, 6.45) is 3.52. The van der Waals surface area contributed by atoms with Crippen LogP contribution in [0.1, 0.15) is 61.6 Å². The van der Waals surface area contributed by atoms with Crippen LogP contribution in [0.15, 0.2) is 35.5 Å². The molecule has 2 heterocycles. The number of aromatic nitrogens is 2. The van der Waals surface area contributed by atoms with Gasteiger partial charge in [0.1, 0.15) is 5.82 Å². The predicted octanol–water partition coefficient (Wildman–Crippen LogP) is 4.59. The molecule has 0 unspecified atom stereocenters. The van der Waals surface area contributed by atoms with Crippen molar-refractivity contribution in [2.45, 2.75) is 57.4 Å². The molecule has 0 spiro atoms. The first-order valence-corrected chi connectivity index (χ1v) is 13.2. The first-order chi connectivity index (χ1) is 16.4. The third kappa shape index (κ3) is 6.95. The summed E-state index contributed by atoms with van der Waals surface area (Å²) >= 11 is 1.61. The van der Waals surface area contributed by atoms with Gasteiger partial charge in [-0.05, 0) is 50.3 Å². The number of aryl methyl sites for hydroxylation is 1. The highest BCUT2D eigenvalue weighted by atomic mass is 32.2. The van der Waals surface area contributed by atoms with E-state index in [9.17, 15) is 9.59 Å². The summed E-state index contributed by atoms with van der Waals surface area (Å²) in [6.45, 7) is 8.49. The molecule has 1 aliphatic rings. The monoisotopic (exact) mass is 484 g/mol. The van der Waals surface area contributed by atoms with Crippen molar-refractivity contribution in [3.8, 4) is 0 Å². The van der Waals surface area contributed by atoms with Crippen molar-refractivity contribution in [2.24, 2.45) is 5.92 Å². The molecular formula is C26H36N4O3S. The average molecular weight is 485 g/mol. The van der Waals surface area contributed by atoms with E-state index in [0.29, 0.717) is 25.3 Å². The number of hydrogen-bond acceptors (Lipinski definition) is 7. The van der Waals surface area contributed by atoms with Crippen LogP contribution < -0.4 is 4.90 Å². The SMILES string of the molecule is CCCN(C)c1cc(CC)nc(SCc2ccc(C(=O)N3CCC[C@H](C(=O)OCC)C3)cc2)n1. The van der Waals surface area contributed by atoms with Gasteiger partial charge in [0, 0.05) is 49.8 Å². The van der Waals surface area contributed by atoms with E-state index in [1.165, 1.54) is 0 Å². The van der Waals surface area contributed by atoms with Crippen LogP contribution >= 0.6 is 11.8 Å². The minimum atomic E-state index is -0.228. The molecule has 34 heavy (non-hydrogen) atoms. The number of carbonyl (C=O) groups is 2. The maximum atomic E-state index is 13.0. The van der Waals surface area contributed by atoms with E-state index in [-0.39, 0.29) is 17.8 Å². The van der Waals surface area contributed by atoms with E-state index in [1.54, 1.807) is 23.6 Å². The summed E-state index contributed by atoms with van der Waals surface area (Å²) in [5, 5.41) is 0.774. The van der Waals surface area contributed by atoms with Crippen LogP contribution in [0.25, 0.3) is 0 Å². The number of carbonyl (C=O) groups excluding carboxylic acids is 2. The van der Waals surface area contributed by atoms with E-state index < -0.39 is 0 Å². The van der Waals surface area contributed by atoms with Crippen molar-refractivity contribution in [1.29, 1.82) is 0 Å². The summed E-state index contributed by atoms with van der Waals surface area (Å²) in [5.74, 6) is 1.22. The Morgan fingerprint density at radius 2 is 1.94 bits per heavy atom. The second kappa shape index (κ2) is 12.7. The smallest absolute Gasteiger partial charge is 0.310 e. The van der Waals surface area contributed by atoms with Gasteiger partial charge in [-0.3, -0.25) is 9.59 Å². The lowest BCUT2D eigenvalue weighted by Gasteiger charge is -2.31. The number of benzene rings is 1. The van der Waals surface area contributed by atoms with Crippen molar-refractivity contribution >= 4 is 29.5 Å². The Kier molecular flexibility index (Phi) is 9.74. The van der Waals surface area contributed by atoms with Crippen molar-refractivity contribution < 1.29 is 14.3 Å². The molecule has 0 saturated carbocycles. The van der Waals surface area contributed by atoms with Crippen LogP contribution in [-0.2, 0) is 21.7 Å². The highest BCUT2D eigenvalue weighted by molar-refractivity contribution is 7.98. The molecule has 8 heteroatoms. The van der Waals surface area contributed by atoms with E-state index in [4.69, 9.17) is 9.72 Å². The van der Waals surface area contributed by atoms with Gasteiger partial charge in [0.2, 0.25) is 0 Å². The van der Waals surface area contributed by atoms with Gasteiger partial charge in [-0.1, -0.05) is 37.7 Å². The zero-order valence-corrected chi connectivity index (χ0v) is 21.6. The van der Waals surface area contributed by atoms with Crippen molar-refractivity contribution in [3.63, 3.8) is 0 Å². The maximum Gasteiger partial charge on any atom is 0.310 e. The number of anilines is 1. The Bertz CT molecular complexity index is 967.